The monoisotopic (exact) mass is 316 g/mol. The quantitative estimate of drug-likeness (QED) is 0.857. The number of rotatable bonds is 4. The van der Waals surface area contributed by atoms with Crippen LogP contribution in [0, 0.1) is 0 Å². The van der Waals surface area contributed by atoms with Gasteiger partial charge < -0.3 is 19.0 Å². The minimum Gasteiger partial charge on any atom is -0.470 e. The van der Waals surface area contributed by atoms with Crippen LogP contribution in [0.1, 0.15) is 23.4 Å². The van der Waals surface area contributed by atoms with Crippen LogP contribution >= 0.6 is 0 Å². The largest absolute Gasteiger partial charge is 0.470 e. The van der Waals surface area contributed by atoms with E-state index in [0.717, 1.165) is 12.8 Å². The fourth-order valence-corrected chi connectivity index (χ4v) is 2.64. The summed E-state index contributed by atoms with van der Waals surface area (Å²) >= 11 is 0. The number of hydrogen-bond acceptors (Lipinski definition) is 6. The topological polar surface area (TPSA) is 71.7 Å². The Morgan fingerprint density at radius 2 is 2.22 bits per heavy atom. The highest BCUT2D eigenvalue weighted by atomic mass is 16.5. The van der Waals surface area contributed by atoms with E-state index in [1.807, 2.05) is 19.0 Å². The Morgan fingerprint density at radius 3 is 2.96 bits per heavy atom. The second-order valence-corrected chi connectivity index (χ2v) is 5.69. The maximum atomic E-state index is 12.4. The molecule has 3 heterocycles. The van der Waals surface area contributed by atoms with Crippen molar-refractivity contribution < 1.29 is 13.9 Å². The number of amides is 1. The van der Waals surface area contributed by atoms with Crippen LogP contribution < -0.4 is 9.64 Å². The van der Waals surface area contributed by atoms with Crippen LogP contribution in [0.2, 0.25) is 0 Å². The number of aromatic nitrogens is 2. The zero-order valence-electron chi connectivity index (χ0n) is 13.3. The lowest BCUT2D eigenvalue weighted by molar-refractivity contribution is 0.0501. The van der Waals surface area contributed by atoms with E-state index >= 15 is 0 Å². The van der Waals surface area contributed by atoms with E-state index in [1.54, 1.807) is 29.4 Å². The highest BCUT2D eigenvalue weighted by Gasteiger charge is 2.28. The number of carbonyl (C=O) groups excluding carboxylic acids is 1. The van der Waals surface area contributed by atoms with Crippen molar-refractivity contribution in [2.75, 3.05) is 32.1 Å². The van der Waals surface area contributed by atoms with Crippen molar-refractivity contribution in [2.45, 2.75) is 18.9 Å². The first-order valence-corrected chi connectivity index (χ1v) is 7.63. The SMILES string of the molecule is CN(C)c1nccnc1O[C@H]1CCCN(C(=O)c2ccco2)C1. The molecule has 0 unspecified atom stereocenters. The van der Waals surface area contributed by atoms with Crippen molar-refractivity contribution in [3.05, 3.63) is 36.5 Å². The first-order valence-electron chi connectivity index (χ1n) is 7.63. The zero-order valence-corrected chi connectivity index (χ0v) is 13.3. The van der Waals surface area contributed by atoms with Crippen LogP contribution in [0.4, 0.5) is 5.82 Å². The van der Waals surface area contributed by atoms with E-state index in [4.69, 9.17) is 9.15 Å². The maximum absolute atomic E-state index is 12.4. The molecule has 1 saturated heterocycles. The second kappa shape index (κ2) is 6.68. The van der Waals surface area contributed by atoms with Crippen LogP contribution in [0.25, 0.3) is 0 Å². The van der Waals surface area contributed by atoms with Crippen LogP contribution in [-0.4, -0.2) is 54.1 Å². The third kappa shape index (κ3) is 3.44. The standard InChI is InChI=1S/C16H20N4O3/c1-19(2)14-15(18-8-7-17-14)23-12-5-3-9-20(11-12)16(21)13-6-4-10-22-13/h4,6-8,10,12H,3,5,9,11H2,1-2H3/t12-/m0/s1. The Bertz CT molecular complexity index is 657. The van der Waals surface area contributed by atoms with Gasteiger partial charge in [0.2, 0.25) is 0 Å². The predicted molar refractivity (Wildman–Crippen MR) is 84.6 cm³/mol. The van der Waals surface area contributed by atoms with Gasteiger partial charge in [0.1, 0.15) is 6.10 Å². The second-order valence-electron chi connectivity index (χ2n) is 5.69. The zero-order chi connectivity index (χ0) is 16.2. The Kier molecular flexibility index (Phi) is 4.45. The van der Waals surface area contributed by atoms with Gasteiger partial charge in [-0.25, -0.2) is 9.97 Å². The van der Waals surface area contributed by atoms with Gasteiger partial charge in [0.05, 0.1) is 12.8 Å². The Balaban J connectivity index is 1.69. The summed E-state index contributed by atoms with van der Waals surface area (Å²) in [4.78, 5) is 24.5. The summed E-state index contributed by atoms with van der Waals surface area (Å²) in [6, 6.07) is 3.40. The van der Waals surface area contributed by atoms with E-state index < -0.39 is 0 Å². The molecule has 0 N–H and O–H groups in total. The smallest absolute Gasteiger partial charge is 0.289 e. The van der Waals surface area contributed by atoms with Gasteiger partial charge >= 0.3 is 0 Å². The van der Waals surface area contributed by atoms with Gasteiger partial charge in [-0.15, -0.1) is 0 Å². The molecule has 7 heteroatoms. The van der Waals surface area contributed by atoms with Gasteiger partial charge in [-0.05, 0) is 25.0 Å². The van der Waals surface area contributed by atoms with E-state index in [9.17, 15) is 4.79 Å². The van der Waals surface area contributed by atoms with Crippen molar-refractivity contribution >= 4 is 11.7 Å². The van der Waals surface area contributed by atoms with Crippen LogP contribution in [0.3, 0.4) is 0 Å². The van der Waals surface area contributed by atoms with Crippen molar-refractivity contribution in [1.29, 1.82) is 0 Å². The molecular weight excluding hydrogens is 296 g/mol. The number of furan rings is 1. The molecule has 0 aromatic carbocycles. The maximum Gasteiger partial charge on any atom is 0.289 e. The molecule has 0 saturated carbocycles. The molecule has 7 nitrogen and oxygen atoms in total. The summed E-state index contributed by atoms with van der Waals surface area (Å²) in [5.74, 6) is 1.44. The molecule has 3 rings (SSSR count). The highest BCUT2D eigenvalue weighted by molar-refractivity contribution is 5.91. The summed E-state index contributed by atoms with van der Waals surface area (Å²) in [7, 11) is 3.79. The fraction of sp³-hybridized carbons (Fsp3) is 0.438. The van der Waals surface area contributed by atoms with E-state index in [0.29, 0.717) is 30.5 Å². The Morgan fingerprint density at radius 1 is 1.39 bits per heavy atom. The van der Waals surface area contributed by atoms with Crippen LogP contribution in [0.5, 0.6) is 5.88 Å². The van der Waals surface area contributed by atoms with Crippen molar-refractivity contribution in [1.82, 2.24) is 14.9 Å². The highest BCUT2D eigenvalue weighted by Crippen LogP contribution is 2.24. The number of anilines is 1. The van der Waals surface area contributed by atoms with Crippen LogP contribution in [-0.2, 0) is 0 Å². The molecule has 2 aromatic heterocycles. The average Bonchev–Trinajstić information content (AvgIpc) is 3.09. The number of hydrogen-bond donors (Lipinski definition) is 0. The lowest BCUT2D eigenvalue weighted by atomic mass is 10.1. The molecule has 1 fully saturated rings. The van der Waals surface area contributed by atoms with E-state index in [-0.39, 0.29) is 12.0 Å². The molecule has 1 amide bonds. The van der Waals surface area contributed by atoms with Gasteiger partial charge in [0.25, 0.3) is 11.8 Å². The number of piperidine rings is 1. The minimum atomic E-state index is -0.102. The molecular formula is C16H20N4O3. The predicted octanol–water partition coefficient (Wildman–Crippen LogP) is 1.82. The summed E-state index contributed by atoms with van der Waals surface area (Å²) in [5, 5.41) is 0. The number of carbonyl (C=O) groups is 1. The molecule has 0 radical (unpaired) electrons. The van der Waals surface area contributed by atoms with Gasteiger partial charge in [-0.1, -0.05) is 0 Å². The molecule has 2 aromatic rings. The van der Waals surface area contributed by atoms with Crippen molar-refractivity contribution in [3.8, 4) is 5.88 Å². The van der Waals surface area contributed by atoms with Gasteiger partial charge in [-0.3, -0.25) is 4.79 Å². The molecule has 1 aliphatic rings. The molecule has 0 bridgehead atoms. The molecule has 0 aliphatic carbocycles. The lowest BCUT2D eigenvalue weighted by Crippen LogP contribution is -2.44. The minimum absolute atomic E-state index is 0.0990. The van der Waals surface area contributed by atoms with Gasteiger partial charge in [0.15, 0.2) is 11.6 Å². The molecule has 1 atom stereocenters. The molecule has 1 aliphatic heterocycles. The molecule has 23 heavy (non-hydrogen) atoms. The van der Waals surface area contributed by atoms with E-state index in [2.05, 4.69) is 9.97 Å². The number of nitrogens with zero attached hydrogens (tertiary/aromatic N) is 4. The first kappa shape index (κ1) is 15.3. The van der Waals surface area contributed by atoms with E-state index in [1.165, 1.54) is 6.26 Å². The average molecular weight is 316 g/mol. The third-order valence-electron chi connectivity index (χ3n) is 3.75. The molecule has 0 spiro atoms. The van der Waals surface area contributed by atoms with Gasteiger partial charge in [0, 0.05) is 33.0 Å². The van der Waals surface area contributed by atoms with Crippen molar-refractivity contribution in [2.24, 2.45) is 0 Å². The fourth-order valence-electron chi connectivity index (χ4n) is 2.64. The normalized spacial score (nSPS) is 17.8. The number of likely N-dealkylation sites (tertiary alicyclic amines) is 1. The van der Waals surface area contributed by atoms with Crippen molar-refractivity contribution in [3.63, 3.8) is 0 Å². The summed E-state index contributed by atoms with van der Waals surface area (Å²) in [5.41, 5.74) is 0. The summed E-state index contributed by atoms with van der Waals surface area (Å²) < 4.78 is 11.2. The Labute approximate surface area is 134 Å². The Hall–Kier alpha value is -2.57. The summed E-state index contributed by atoms with van der Waals surface area (Å²) in [6.45, 7) is 1.23. The lowest BCUT2D eigenvalue weighted by Gasteiger charge is -2.32. The third-order valence-corrected chi connectivity index (χ3v) is 3.75. The number of ether oxygens (including phenoxy) is 1. The molecule has 122 valence electrons. The van der Waals surface area contributed by atoms with Crippen LogP contribution in [0.15, 0.2) is 35.2 Å². The first-order chi connectivity index (χ1) is 11.1. The summed E-state index contributed by atoms with van der Waals surface area (Å²) in [6.07, 6.45) is 6.42. The van der Waals surface area contributed by atoms with Gasteiger partial charge in [-0.2, -0.15) is 0 Å².